The number of carbonyl (C=O) groups excluding carboxylic acids is 3. The lowest BCUT2D eigenvalue weighted by molar-refractivity contribution is -0.134. The molecule has 0 unspecified atom stereocenters. The van der Waals surface area contributed by atoms with Gasteiger partial charge in [-0.25, -0.2) is 4.79 Å². The molecule has 2 amide bonds. The highest BCUT2D eigenvalue weighted by molar-refractivity contribution is 5.95. The highest BCUT2D eigenvalue weighted by Gasteiger charge is 2.16. The fourth-order valence-electron chi connectivity index (χ4n) is 2.25. The van der Waals surface area contributed by atoms with Gasteiger partial charge in [0.15, 0.2) is 6.61 Å². The molecular weight excluding hydrogens is 320 g/mol. The number of benzene rings is 2. The van der Waals surface area contributed by atoms with E-state index < -0.39 is 11.9 Å². The Bertz CT molecular complexity index is 742. The largest absolute Gasteiger partial charge is 0.452 e. The van der Waals surface area contributed by atoms with Gasteiger partial charge in [-0.15, -0.1) is 0 Å². The Kier molecular flexibility index (Phi) is 6.28. The van der Waals surface area contributed by atoms with Crippen molar-refractivity contribution in [3.8, 4) is 0 Å². The first-order valence-corrected chi connectivity index (χ1v) is 7.90. The van der Waals surface area contributed by atoms with Crippen LogP contribution in [0.1, 0.15) is 33.2 Å². The highest BCUT2D eigenvalue weighted by Crippen LogP contribution is 2.07. The monoisotopic (exact) mass is 340 g/mol. The van der Waals surface area contributed by atoms with E-state index in [1.807, 2.05) is 37.3 Å². The van der Waals surface area contributed by atoms with Crippen LogP contribution in [0.5, 0.6) is 0 Å². The molecule has 0 fully saturated rings. The van der Waals surface area contributed by atoms with Crippen molar-refractivity contribution in [1.82, 2.24) is 4.90 Å². The molecule has 0 bridgehead atoms. The van der Waals surface area contributed by atoms with Crippen LogP contribution >= 0.6 is 0 Å². The van der Waals surface area contributed by atoms with Crippen LogP contribution in [-0.2, 0) is 16.1 Å². The van der Waals surface area contributed by atoms with Crippen LogP contribution in [-0.4, -0.2) is 35.8 Å². The molecule has 0 atom stereocenters. The lowest BCUT2D eigenvalue weighted by Gasteiger charge is -2.20. The number of hydrogen-bond acceptors (Lipinski definition) is 4. The molecule has 0 aliphatic heterocycles. The fourth-order valence-corrected chi connectivity index (χ4v) is 2.25. The zero-order chi connectivity index (χ0) is 18.2. The van der Waals surface area contributed by atoms with Gasteiger partial charge in [-0.2, -0.15) is 0 Å². The van der Waals surface area contributed by atoms with E-state index in [4.69, 9.17) is 10.5 Å². The number of primary amides is 1. The topological polar surface area (TPSA) is 89.7 Å². The average Bonchev–Trinajstić information content (AvgIpc) is 2.64. The quantitative estimate of drug-likeness (QED) is 0.781. The van der Waals surface area contributed by atoms with Gasteiger partial charge in [0.1, 0.15) is 0 Å². The van der Waals surface area contributed by atoms with E-state index in [1.165, 1.54) is 24.3 Å². The summed E-state index contributed by atoms with van der Waals surface area (Å²) in [6.45, 7) is 2.50. The summed E-state index contributed by atoms with van der Waals surface area (Å²) in [5, 5.41) is 0. The number of amides is 2. The van der Waals surface area contributed by atoms with Crippen molar-refractivity contribution in [2.24, 2.45) is 5.73 Å². The summed E-state index contributed by atoms with van der Waals surface area (Å²) in [5.41, 5.74) is 6.70. The van der Waals surface area contributed by atoms with Crippen molar-refractivity contribution < 1.29 is 19.1 Å². The first-order valence-electron chi connectivity index (χ1n) is 7.90. The maximum atomic E-state index is 12.2. The zero-order valence-corrected chi connectivity index (χ0v) is 14.0. The second-order valence-corrected chi connectivity index (χ2v) is 5.41. The maximum Gasteiger partial charge on any atom is 0.338 e. The number of esters is 1. The maximum absolute atomic E-state index is 12.2. The van der Waals surface area contributed by atoms with Gasteiger partial charge in [-0.05, 0) is 36.8 Å². The number of nitrogens with zero attached hydrogens (tertiary/aromatic N) is 1. The van der Waals surface area contributed by atoms with Crippen LogP contribution in [0.3, 0.4) is 0 Å². The molecular formula is C19H20N2O4. The predicted octanol–water partition coefficient (Wildman–Crippen LogP) is 1.99. The van der Waals surface area contributed by atoms with Crippen molar-refractivity contribution in [2.45, 2.75) is 13.5 Å². The number of hydrogen-bond donors (Lipinski definition) is 1. The smallest absolute Gasteiger partial charge is 0.338 e. The third kappa shape index (κ3) is 5.17. The molecule has 0 aromatic heterocycles. The Hall–Kier alpha value is -3.15. The molecule has 2 N–H and O–H groups in total. The van der Waals surface area contributed by atoms with Crippen LogP contribution < -0.4 is 5.73 Å². The number of nitrogens with two attached hydrogens (primary N) is 1. The molecule has 6 nitrogen and oxygen atoms in total. The van der Waals surface area contributed by atoms with Crippen molar-refractivity contribution in [3.05, 3.63) is 71.3 Å². The summed E-state index contributed by atoms with van der Waals surface area (Å²) < 4.78 is 5.06. The Morgan fingerprint density at radius 2 is 1.56 bits per heavy atom. The SMILES string of the molecule is CCN(Cc1ccccc1)C(=O)COC(=O)c1ccc(C(N)=O)cc1. The lowest BCUT2D eigenvalue weighted by Crippen LogP contribution is -2.34. The van der Waals surface area contributed by atoms with E-state index in [0.717, 1.165) is 5.56 Å². The summed E-state index contributed by atoms with van der Waals surface area (Å²) in [6, 6.07) is 15.3. The Morgan fingerprint density at radius 1 is 0.960 bits per heavy atom. The van der Waals surface area contributed by atoms with E-state index in [2.05, 4.69) is 0 Å². The van der Waals surface area contributed by atoms with Crippen molar-refractivity contribution >= 4 is 17.8 Å². The third-order valence-corrected chi connectivity index (χ3v) is 3.68. The summed E-state index contributed by atoms with van der Waals surface area (Å²) in [6.07, 6.45) is 0. The number of rotatable bonds is 7. The van der Waals surface area contributed by atoms with E-state index in [-0.39, 0.29) is 18.1 Å². The lowest BCUT2D eigenvalue weighted by atomic mass is 10.1. The Morgan fingerprint density at radius 3 is 2.12 bits per heavy atom. The van der Waals surface area contributed by atoms with Crippen molar-refractivity contribution in [2.75, 3.05) is 13.2 Å². The van der Waals surface area contributed by atoms with E-state index in [1.54, 1.807) is 4.90 Å². The minimum Gasteiger partial charge on any atom is -0.452 e. The first-order chi connectivity index (χ1) is 12.0. The molecule has 0 saturated carbocycles. The van der Waals surface area contributed by atoms with Gasteiger partial charge in [0.05, 0.1) is 5.56 Å². The normalized spacial score (nSPS) is 10.1. The summed E-state index contributed by atoms with van der Waals surface area (Å²) in [4.78, 5) is 36.9. The highest BCUT2D eigenvalue weighted by atomic mass is 16.5. The minimum absolute atomic E-state index is 0.254. The Balaban J connectivity index is 1.91. The summed E-state index contributed by atoms with van der Waals surface area (Å²) >= 11 is 0. The molecule has 0 saturated heterocycles. The third-order valence-electron chi connectivity index (χ3n) is 3.68. The molecule has 0 aliphatic carbocycles. The van der Waals surface area contributed by atoms with Gasteiger partial charge in [0.2, 0.25) is 5.91 Å². The predicted molar refractivity (Wildman–Crippen MR) is 92.8 cm³/mol. The number of carbonyl (C=O) groups is 3. The second-order valence-electron chi connectivity index (χ2n) is 5.41. The molecule has 2 aromatic carbocycles. The van der Waals surface area contributed by atoms with E-state index in [9.17, 15) is 14.4 Å². The standard InChI is InChI=1S/C19H20N2O4/c1-2-21(12-14-6-4-3-5-7-14)17(22)13-25-19(24)16-10-8-15(9-11-16)18(20)23/h3-11H,2,12-13H2,1H3,(H2,20,23). The van der Waals surface area contributed by atoms with Gasteiger partial charge in [0.25, 0.3) is 5.91 Å². The molecule has 2 rings (SSSR count). The molecule has 0 aliphatic rings. The van der Waals surface area contributed by atoms with E-state index in [0.29, 0.717) is 18.7 Å². The molecule has 0 spiro atoms. The molecule has 6 heteroatoms. The van der Waals surface area contributed by atoms with Crippen molar-refractivity contribution in [3.63, 3.8) is 0 Å². The second kappa shape index (κ2) is 8.63. The van der Waals surface area contributed by atoms with Crippen LogP contribution in [0.4, 0.5) is 0 Å². The van der Waals surface area contributed by atoms with E-state index >= 15 is 0 Å². The van der Waals surface area contributed by atoms with Crippen LogP contribution in [0, 0.1) is 0 Å². The van der Waals surface area contributed by atoms with Gasteiger partial charge < -0.3 is 15.4 Å². The van der Waals surface area contributed by atoms with Gasteiger partial charge >= 0.3 is 5.97 Å². The first kappa shape index (κ1) is 18.2. The summed E-state index contributed by atoms with van der Waals surface area (Å²) in [5.74, 6) is -1.47. The summed E-state index contributed by atoms with van der Waals surface area (Å²) in [7, 11) is 0. The Labute approximate surface area is 146 Å². The van der Waals surface area contributed by atoms with Gasteiger partial charge in [-0.1, -0.05) is 30.3 Å². The number of likely N-dealkylation sites (N-methyl/N-ethyl adjacent to an activating group) is 1. The van der Waals surface area contributed by atoms with Gasteiger partial charge in [-0.3, -0.25) is 9.59 Å². The molecule has 0 radical (unpaired) electrons. The van der Waals surface area contributed by atoms with Crippen molar-refractivity contribution in [1.29, 1.82) is 0 Å². The molecule has 2 aromatic rings. The molecule has 25 heavy (non-hydrogen) atoms. The minimum atomic E-state index is -0.625. The van der Waals surface area contributed by atoms with Crippen LogP contribution in [0.15, 0.2) is 54.6 Å². The molecule has 0 heterocycles. The average molecular weight is 340 g/mol. The number of ether oxygens (including phenoxy) is 1. The molecule has 130 valence electrons. The zero-order valence-electron chi connectivity index (χ0n) is 14.0. The van der Waals surface area contributed by atoms with Gasteiger partial charge in [0, 0.05) is 18.7 Å². The van der Waals surface area contributed by atoms with Crippen LogP contribution in [0.2, 0.25) is 0 Å². The fraction of sp³-hybridized carbons (Fsp3) is 0.211. The van der Waals surface area contributed by atoms with Crippen LogP contribution in [0.25, 0.3) is 0 Å².